The molecule has 0 bridgehead atoms. The van der Waals surface area contributed by atoms with Gasteiger partial charge < -0.3 is 9.90 Å². The summed E-state index contributed by atoms with van der Waals surface area (Å²) >= 11 is 0. The zero-order valence-electron chi connectivity index (χ0n) is 15.5. The summed E-state index contributed by atoms with van der Waals surface area (Å²) in [6.45, 7) is 7.32. The monoisotopic (exact) mass is 374 g/mol. The maximum absolute atomic E-state index is 12.9. The lowest BCUT2D eigenvalue weighted by Gasteiger charge is -2.21. The molecule has 1 atom stereocenters. The Morgan fingerprint density at radius 1 is 1.04 bits per heavy atom. The van der Waals surface area contributed by atoms with Crippen LogP contribution in [0.3, 0.4) is 0 Å². The third-order valence-corrected chi connectivity index (χ3v) is 6.47. The van der Waals surface area contributed by atoms with Crippen LogP contribution >= 0.6 is 0 Å². The minimum atomic E-state index is -3.77. The molecule has 0 spiro atoms. The zero-order valence-corrected chi connectivity index (χ0v) is 16.3. The molecule has 0 aliphatic rings. The fourth-order valence-corrected chi connectivity index (χ4v) is 4.79. The highest BCUT2D eigenvalue weighted by atomic mass is 32.2. The molecule has 0 fully saturated rings. The third-order valence-electron chi connectivity index (χ3n) is 4.77. The Bertz CT molecular complexity index is 879. The summed E-state index contributed by atoms with van der Waals surface area (Å²) in [5.74, 6) is -1.71. The SMILES string of the molecule is Cc1cc(C)c(C)c(S(=O)(=O)NCC(CC(=O)[O-])c2ccccc2)c1C. The van der Waals surface area contributed by atoms with E-state index >= 15 is 0 Å². The van der Waals surface area contributed by atoms with Crippen molar-refractivity contribution in [2.45, 2.75) is 44.9 Å². The average molecular weight is 374 g/mol. The largest absolute Gasteiger partial charge is 0.550 e. The molecule has 2 rings (SSSR count). The van der Waals surface area contributed by atoms with Crippen LogP contribution in [0.25, 0.3) is 0 Å². The molecule has 0 radical (unpaired) electrons. The van der Waals surface area contributed by atoms with E-state index in [0.29, 0.717) is 11.1 Å². The van der Waals surface area contributed by atoms with Crippen molar-refractivity contribution in [1.82, 2.24) is 4.72 Å². The number of sulfonamides is 1. The van der Waals surface area contributed by atoms with E-state index in [4.69, 9.17) is 0 Å². The summed E-state index contributed by atoms with van der Waals surface area (Å²) in [4.78, 5) is 11.4. The molecule has 2 aromatic rings. The molecule has 0 saturated carbocycles. The van der Waals surface area contributed by atoms with E-state index in [9.17, 15) is 18.3 Å². The zero-order chi connectivity index (χ0) is 19.5. The Hall–Kier alpha value is -2.18. The molecule has 2 aromatic carbocycles. The fraction of sp³-hybridized carbons (Fsp3) is 0.350. The molecule has 6 heteroatoms. The number of benzene rings is 2. The molecule has 0 aliphatic carbocycles. The number of rotatable bonds is 7. The van der Waals surface area contributed by atoms with Crippen LogP contribution in [0.4, 0.5) is 0 Å². The van der Waals surface area contributed by atoms with Gasteiger partial charge in [0.15, 0.2) is 0 Å². The molecule has 0 saturated heterocycles. The average Bonchev–Trinajstić information content (AvgIpc) is 2.57. The molecule has 1 unspecified atom stereocenters. The highest BCUT2D eigenvalue weighted by Crippen LogP contribution is 2.26. The number of nitrogens with one attached hydrogen (secondary N) is 1. The van der Waals surface area contributed by atoms with E-state index in [-0.39, 0.29) is 17.9 Å². The topological polar surface area (TPSA) is 86.3 Å². The summed E-state index contributed by atoms with van der Waals surface area (Å²) in [5.41, 5.74) is 3.98. The molecule has 5 nitrogen and oxygen atoms in total. The number of hydrogen-bond donors (Lipinski definition) is 1. The van der Waals surface area contributed by atoms with Crippen LogP contribution in [-0.4, -0.2) is 20.9 Å². The van der Waals surface area contributed by atoms with Crippen LogP contribution in [-0.2, 0) is 14.8 Å². The Balaban J connectivity index is 2.33. The number of carbonyl (C=O) groups is 1. The van der Waals surface area contributed by atoms with Crippen molar-refractivity contribution in [2.75, 3.05) is 6.54 Å². The van der Waals surface area contributed by atoms with E-state index < -0.39 is 21.9 Å². The van der Waals surface area contributed by atoms with E-state index in [1.165, 1.54) is 0 Å². The summed E-state index contributed by atoms with van der Waals surface area (Å²) in [7, 11) is -3.77. The number of aliphatic carboxylic acids is 1. The van der Waals surface area contributed by atoms with Crippen molar-refractivity contribution in [1.29, 1.82) is 0 Å². The van der Waals surface area contributed by atoms with Crippen molar-refractivity contribution >= 4 is 16.0 Å². The number of carbonyl (C=O) groups excluding carboxylic acids is 1. The first kappa shape index (κ1) is 20.1. The maximum Gasteiger partial charge on any atom is 0.241 e. The van der Waals surface area contributed by atoms with Crippen LogP contribution < -0.4 is 9.83 Å². The summed E-state index contributed by atoms with van der Waals surface area (Å²) < 4.78 is 28.4. The second kappa shape index (κ2) is 8.01. The molecule has 26 heavy (non-hydrogen) atoms. The number of aryl methyl sites for hydroxylation is 2. The van der Waals surface area contributed by atoms with E-state index in [1.54, 1.807) is 38.1 Å². The van der Waals surface area contributed by atoms with Gasteiger partial charge in [0.25, 0.3) is 0 Å². The van der Waals surface area contributed by atoms with Crippen LogP contribution in [0.5, 0.6) is 0 Å². The van der Waals surface area contributed by atoms with Gasteiger partial charge in [-0.25, -0.2) is 13.1 Å². The molecule has 0 heterocycles. The number of carboxylic acids is 1. The number of hydrogen-bond acceptors (Lipinski definition) is 4. The van der Waals surface area contributed by atoms with Gasteiger partial charge in [-0.2, -0.15) is 0 Å². The standard InChI is InChI=1S/C20H25NO4S/c1-13-10-14(2)16(4)20(15(13)3)26(24,25)21-12-18(11-19(22)23)17-8-6-5-7-9-17/h5-10,18,21H,11-12H2,1-4H3,(H,22,23)/p-1. The Morgan fingerprint density at radius 3 is 2.08 bits per heavy atom. The molecule has 140 valence electrons. The predicted molar refractivity (Wildman–Crippen MR) is 99.4 cm³/mol. The molecule has 0 aliphatic heterocycles. The Kier molecular flexibility index (Phi) is 6.21. The van der Waals surface area contributed by atoms with Crippen molar-refractivity contribution in [2.24, 2.45) is 0 Å². The van der Waals surface area contributed by atoms with Crippen LogP contribution in [0.1, 0.15) is 40.2 Å². The van der Waals surface area contributed by atoms with Gasteiger partial charge in [0.05, 0.1) is 4.90 Å². The van der Waals surface area contributed by atoms with Gasteiger partial charge in [0.1, 0.15) is 0 Å². The van der Waals surface area contributed by atoms with E-state index in [2.05, 4.69) is 4.72 Å². The second-order valence-corrected chi connectivity index (χ2v) is 8.33. The normalized spacial score (nSPS) is 12.8. The second-order valence-electron chi connectivity index (χ2n) is 6.63. The highest BCUT2D eigenvalue weighted by Gasteiger charge is 2.23. The molecular weight excluding hydrogens is 350 g/mol. The minimum absolute atomic E-state index is 0.00774. The molecule has 1 N–H and O–H groups in total. The minimum Gasteiger partial charge on any atom is -0.550 e. The first-order chi connectivity index (χ1) is 12.1. The maximum atomic E-state index is 12.9. The van der Waals surface area contributed by atoms with Crippen molar-refractivity contribution < 1.29 is 18.3 Å². The lowest BCUT2D eigenvalue weighted by molar-refractivity contribution is -0.306. The fourth-order valence-electron chi connectivity index (χ4n) is 3.10. The van der Waals surface area contributed by atoms with Gasteiger partial charge in [-0.15, -0.1) is 0 Å². The van der Waals surface area contributed by atoms with Crippen molar-refractivity contribution in [3.05, 3.63) is 64.2 Å². The van der Waals surface area contributed by atoms with Crippen LogP contribution in [0.15, 0.2) is 41.3 Å². The highest BCUT2D eigenvalue weighted by molar-refractivity contribution is 7.89. The van der Waals surface area contributed by atoms with Gasteiger partial charge in [-0.3, -0.25) is 0 Å². The lowest BCUT2D eigenvalue weighted by Crippen LogP contribution is -2.33. The quantitative estimate of drug-likeness (QED) is 0.804. The van der Waals surface area contributed by atoms with Crippen molar-refractivity contribution in [3.8, 4) is 0 Å². The molecular formula is C20H24NO4S-. The summed E-state index contributed by atoms with van der Waals surface area (Å²) in [6.07, 6.45) is -0.253. The van der Waals surface area contributed by atoms with Crippen LogP contribution in [0.2, 0.25) is 0 Å². The van der Waals surface area contributed by atoms with Crippen molar-refractivity contribution in [3.63, 3.8) is 0 Å². The van der Waals surface area contributed by atoms with Crippen LogP contribution in [0, 0.1) is 27.7 Å². The van der Waals surface area contributed by atoms with Gasteiger partial charge in [0, 0.05) is 18.4 Å². The van der Waals surface area contributed by atoms with E-state index in [0.717, 1.165) is 16.7 Å². The molecule has 0 amide bonds. The van der Waals surface area contributed by atoms with E-state index in [1.807, 2.05) is 26.0 Å². The first-order valence-corrected chi connectivity index (χ1v) is 9.93. The predicted octanol–water partition coefficient (Wildman–Crippen LogP) is 2.12. The van der Waals surface area contributed by atoms with Gasteiger partial charge in [-0.05, 0) is 61.9 Å². The third kappa shape index (κ3) is 4.51. The number of carboxylic acid groups (broad SMARTS) is 1. The van der Waals surface area contributed by atoms with Gasteiger partial charge in [0.2, 0.25) is 10.0 Å². The summed E-state index contributed by atoms with van der Waals surface area (Å²) in [6, 6.07) is 11.0. The van der Waals surface area contributed by atoms with Gasteiger partial charge >= 0.3 is 0 Å². The Labute approximate surface area is 155 Å². The summed E-state index contributed by atoms with van der Waals surface area (Å²) in [5, 5.41) is 11.1. The smallest absolute Gasteiger partial charge is 0.241 e. The Morgan fingerprint density at radius 2 is 1.58 bits per heavy atom. The molecule has 0 aromatic heterocycles. The first-order valence-electron chi connectivity index (χ1n) is 8.45. The lowest BCUT2D eigenvalue weighted by atomic mass is 9.96. The van der Waals surface area contributed by atoms with Gasteiger partial charge in [-0.1, -0.05) is 36.4 Å².